The minimum atomic E-state index is -2.51. The highest BCUT2D eigenvalue weighted by Gasteiger charge is 2.56. The van der Waals surface area contributed by atoms with Crippen molar-refractivity contribution in [3.05, 3.63) is 36.0 Å². The van der Waals surface area contributed by atoms with Crippen LogP contribution in [0.2, 0.25) is 0 Å². The van der Waals surface area contributed by atoms with Gasteiger partial charge in [-0.1, -0.05) is 44.6 Å². The van der Waals surface area contributed by atoms with Crippen LogP contribution in [-0.2, 0) is 42.9 Å². The zero-order valence-corrected chi connectivity index (χ0v) is 38.4. The zero-order valence-electron chi connectivity index (χ0n) is 36.4. The summed E-state index contributed by atoms with van der Waals surface area (Å²) in [4.78, 5) is 57.8. The number of ether oxygens (including phenoxy) is 5. The van der Waals surface area contributed by atoms with E-state index >= 15 is 0 Å². The molecule has 3 N–H and O–H groups in total. The lowest BCUT2D eigenvalue weighted by atomic mass is 9.81. The monoisotopic (exact) mass is 871 g/mol. The van der Waals surface area contributed by atoms with Crippen LogP contribution in [0.15, 0.2) is 36.0 Å². The minimum Gasteiger partial charge on any atom is -0.456 e. The van der Waals surface area contributed by atoms with Crippen molar-refractivity contribution in [2.24, 2.45) is 29.6 Å². The Morgan fingerprint density at radius 3 is 2.19 bits per heavy atom. The number of amides is 1. The fourth-order valence-electron chi connectivity index (χ4n) is 9.42. The summed E-state index contributed by atoms with van der Waals surface area (Å²) in [7, 11) is 4.61. The molecule has 13 nitrogen and oxygen atoms in total. The maximum Gasteiger partial charge on any atom is 0.329 e. The largest absolute Gasteiger partial charge is 0.456 e. The van der Waals surface area contributed by atoms with Gasteiger partial charge in [0.2, 0.25) is 5.79 Å². The molecule has 1 aliphatic carbocycles. The number of methoxy groups -OCH3 is 3. The molecule has 2 saturated heterocycles. The van der Waals surface area contributed by atoms with Gasteiger partial charge in [-0.3, -0.25) is 14.4 Å². The van der Waals surface area contributed by atoms with Crippen LogP contribution in [0.3, 0.4) is 0 Å². The SMILES string of the molecule is C=CC[C@@H]1/C=C(\C)C[C@H](C)C[C@H](OC)[C@H]2O[C@@](O)(C(=O)C(=O)N3CCCC[C@H]3C(=O)O[C@H](/C(C)=C/[C@@H]3CC[C@@H](O)[C@H](OC)C3)[C@H](C)[C@@H](O)CC1=O)[C@H](C)C[C@@H]2OC.S.S. The summed E-state index contributed by atoms with van der Waals surface area (Å²) in [6.45, 7) is 13.1. The van der Waals surface area contributed by atoms with E-state index < -0.39 is 83.9 Å². The molecule has 0 aromatic heterocycles. The van der Waals surface area contributed by atoms with Crippen LogP contribution in [0.4, 0.5) is 0 Å². The molecular weight excluding hydrogens is 799 g/mol. The predicted octanol–water partition coefficient (Wildman–Crippen LogP) is 4.86. The summed E-state index contributed by atoms with van der Waals surface area (Å²) in [5.41, 5.74) is 1.61. The van der Waals surface area contributed by atoms with E-state index in [1.165, 1.54) is 19.1 Å². The van der Waals surface area contributed by atoms with Gasteiger partial charge in [0, 0.05) is 52.0 Å². The van der Waals surface area contributed by atoms with Crippen molar-refractivity contribution < 1.29 is 58.2 Å². The number of Topliss-reactive ketones (excluding diaryl/α,β-unsaturated/α-hetero) is 2. The lowest BCUT2D eigenvalue weighted by molar-refractivity contribution is -0.302. The Kier molecular flexibility index (Phi) is 21.5. The summed E-state index contributed by atoms with van der Waals surface area (Å²) < 4.78 is 29.7. The molecule has 0 radical (unpaired) electrons. The van der Waals surface area contributed by atoms with Crippen LogP contribution in [0.1, 0.15) is 105 Å². The number of nitrogens with zero attached hydrogens (tertiary/aromatic N) is 1. The fraction of sp³-hybridized carbons (Fsp3) is 0.773. The molecule has 338 valence electrons. The number of esters is 1. The smallest absolute Gasteiger partial charge is 0.329 e. The lowest BCUT2D eigenvalue weighted by Crippen LogP contribution is -2.64. The van der Waals surface area contributed by atoms with E-state index in [1.54, 1.807) is 27.0 Å². The summed E-state index contributed by atoms with van der Waals surface area (Å²) in [5, 5.41) is 34.1. The molecule has 0 unspecified atom stereocenters. The molecule has 0 aromatic rings. The van der Waals surface area contributed by atoms with E-state index in [0.717, 1.165) is 5.57 Å². The first-order valence-electron chi connectivity index (χ1n) is 20.9. The number of fused-ring (bicyclic) bond motifs is 3. The molecule has 4 rings (SSSR count). The quantitative estimate of drug-likeness (QED) is 0.180. The van der Waals surface area contributed by atoms with Crippen LogP contribution in [0.25, 0.3) is 0 Å². The number of ketones is 2. The van der Waals surface area contributed by atoms with Crippen molar-refractivity contribution in [2.45, 2.75) is 160 Å². The van der Waals surface area contributed by atoms with Gasteiger partial charge in [-0.2, -0.15) is 27.0 Å². The number of carbonyl (C=O) groups is 4. The van der Waals surface area contributed by atoms with Gasteiger partial charge in [0.25, 0.3) is 11.7 Å². The Labute approximate surface area is 365 Å². The summed E-state index contributed by atoms with van der Waals surface area (Å²) in [5.74, 6) is -7.76. The second-order valence-corrected chi connectivity index (χ2v) is 17.3. The topological polar surface area (TPSA) is 178 Å². The van der Waals surface area contributed by atoms with Gasteiger partial charge in [-0.15, -0.1) is 6.58 Å². The van der Waals surface area contributed by atoms with Gasteiger partial charge >= 0.3 is 5.97 Å². The molecule has 2 bridgehead atoms. The van der Waals surface area contributed by atoms with E-state index in [-0.39, 0.29) is 76.5 Å². The second-order valence-electron chi connectivity index (χ2n) is 17.3. The fourth-order valence-corrected chi connectivity index (χ4v) is 9.42. The third kappa shape index (κ3) is 13.0. The summed E-state index contributed by atoms with van der Waals surface area (Å²) in [6.07, 6.45) is 4.93. The van der Waals surface area contributed by atoms with Crippen molar-refractivity contribution >= 4 is 50.4 Å². The molecule has 0 spiro atoms. The molecule has 0 aromatic carbocycles. The first-order chi connectivity index (χ1) is 27.0. The Morgan fingerprint density at radius 1 is 0.915 bits per heavy atom. The molecular formula is C44H73NO12S2. The third-order valence-electron chi connectivity index (χ3n) is 12.9. The number of carbonyl (C=O) groups excluding carboxylic acids is 4. The highest BCUT2D eigenvalue weighted by atomic mass is 32.1. The Balaban J connectivity index is 0.00000600. The third-order valence-corrected chi connectivity index (χ3v) is 12.9. The molecule has 3 fully saturated rings. The van der Waals surface area contributed by atoms with E-state index in [0.29, 0.717) is 56.9 Å². The maximum absolute atomic E-state index is 14.3. The number of hydrogen-bond acceptors (Lipinski definition) is 12. The minimum absolute atomic E-state index is 0. The van der Waals surface area contributed by atoms with Crippen LogP contribution in [0.5, 0.6) is 0 Å². The molecule has 1 amide bonds. The molecule has 14 atom stereocenters. The van der Waals surface area contributed by atoms with Crippen LogP contribution in [0, 0.1) is 29.6 Å². The van der Waals surface area contributed by atoms with E-state index in [9.17, 15) is 34.5 Å². The number of piperidine rings is 1. The average Bonchev–Trinajstić information content (AvgIpc) is 3.18. The number of rotatable bonds is 7. The second kappa shape index (κ2) is 23.9. The van der Waals surface area contributed by atoms with Crippen LogP contribution >= 0.6 is 27.0 Å². The van der Waals surface area contributed by atoms with Crippen molar-refractivity contribution in [1.29, 1.82) is 0 Å². The summed E-state index contributed by atoms with van der Waals surface area (Å²) >= 11 is 0. The van der Waals surface area contributed by atoms with Crippen molar-refractivity contribution in [2.75, 3.05) is 27.9 Å². The molecule has 59 heavy (non-hydrogen) atoms. The number of hydrogen-bond donors (Lipinski definition) is 3. The number of cyclic esters (lactones) is 1. The molecule has 3 aliphatic heterocycles. The van der Waals surface area contributed by atoms with Gasteiger partial charge < -0.3 is 43.9 Å². The highest BCUT2D eigenvalue weighted by molar-refractivity contribution is 7.59. The van der Waals surface area contributed by atoms with Crippen molar-refractivity contribution in [3.8, 4) is 0 Å². The lowest BCUT2D eigenvalue weighted by Gasteiger charge is -2.47. The standard InChI is InChI=1S/C44H69NO12.2H2S/c1-10-13-31-19-25(2)18-26(3)20-37(54-8)40-38(55-9)22-28(5)44(52,57-40)41(49)42(50)45-17-12-11-14-32(45)43(51)56-39(29(6)34(47)24-35(31)48)27(4)21-30-15-16-33(46)36(23-30)53-7;;/h10,19,21,26,28-34,36-40,46-47,52H,1,11-18,20,22-24H2,2-9H3;2*1H2/b25-19+,27-21+;;/t26-,28+,29+,30-,31+,32-,33+,34-,36+,37-,38-,39+,40+,44+;;/m0../s1. The highest BCUT2D eigenvalue weighted by Crippen LogP contribution is 2.39. The van der Waals surface area contributed by atoms with E-state index in [4.69, 9.17) is 23.7 Å². The first kappa shape index (κ1) is 53.1. The maximum atomic E-state index is 14.3. The first-order valence-corrected chi connectivity index (χ1v) is 20.9. The summed E-state index contributed by atoms with van der Waals surface area (Å²) in [6, 6.07) is -1.14. The Bertz CT molecular complexity index is 1490. The molecule has 4 aliphatic rings. The van der Waals surface area contributed by atoms with Crippen LogP contribution in [-0.4, -0.2) is 126 Å². The zero-order chi connectivity index (χ0) is 42.2. The van der Waals surface area contributed by atoms with E-state index in [2.05, 4.69) is 6.58 Å². The number of allylic oxidation sites excluding steroid dienone is 4. The van der Waals surface area contributed by atoms with Gasteiger partial charge in [0.1, 0.15) is 24.0 Å². The number of aliphatic hydroxyl groups excluding tert-OH is 2. The van der Waals surface area contributed by atoms with Crippen molar-refractivity contribution in [1.82, 2.24) is 4.90 Å². The van der Waals surface area contributed by atoms with Crippen molar-refractivity contribution in [3.63, 3.8) is 0 Å². The Hall–Kier alpha value is -2.08. The van der Waals surface area contributed by atoms with E-state index in [1.807, 2.05) is 32.9 Å². The predicted molar refractivity (Wildman–Crippen MR) is 233 cm³/mol. The van der Waals surface area contributed by atoms with Gasteiger partial charge in [-0.25, -0.2) is 4.79 Å². The average molecular weight is 872 g/mol. The molecule has 15 heteroatoms. The normalized spacial score (nSPS) is 39.6. The number of aliphatic hydroxyl groups is 3. The Morgan fingerprint density at radius 2 is 1.56 bits per heavy atom. The van der Waals surface area contributed by atoms with Gasteiger partial charge in [0.05, 0.1) is 30.5 Å². The van der Waals surface area contributed by atoms with Gasteiger partial charge in [-0.05, 0) is 95.5 Å². The van der Waals surface area contributed by atoms with Crippen LogP contribution < -0.4 is 0 Å². The molecule has 3 heterocycles. The molecule has 1 saturated carbocycles. The van der Waals surface area contributed by atoms with Gasteiger partial charge in [0.15, 0.2) is 0 Å².